The summed E-state index contributed by atoms with van der Waals surface area (Å²) < 4.78 is 0. The zero-order valence-corrected chi connectivity index (χ0v) is 16.8. The molecule has 0 spiro atoms. The van der Waals surface area contributed by atoms with E-state index < -0.39 is 0 Å². The van der Waals surface area contributed by atoms with Crippen molar-refractivity contribution in [2.45, 2.75) is 26.9 Å². The lowest BCUT2D eigenvalue weighted by atomic mass is 10.1. The predicted octanol–water partition coefficient (Wildman–Crippen LogP) is 5.90. The van der Waals surface area contributed by atoms with Crippen molar-refractivity contribution >= 4 is 39.3 Å². The lowest BCUT2D eigenvalue weighted by Gasteiger charge is -2.25. The summed E-state index contributed by atoms with van der Waals surface area (Å²) in [5.41, 5.74) is 6.69. The van der Waals surface area contributed by atoms with Crippen LogP contribution in [0.15, 0.2) is 66.7 Å². The highest BCUT2D eigenvalue weighted by Gasteiger charge is 2.27. The molecule has 1 atom stereocenters. The number of anilines is 5. The van der Waals surface area contributed by atoms with Crippen LogP contribution in [0, 0.1) is 13.8 Å². The fourth-order valence-corrected chi connectivity index (χ4v) is 4.08. The van der Waals surface area contributed by atoms with E-state index in [1.54, 1.807) is 0 Å². The molecule has 5 nitrogen and oxygen atoms in total. The minimum absolute atomic E-state index is 0.182. The van der Waals surface area contributed by atoms with Gasteiger partial charge in [0.25, 0.3) is 0 Å². The first-order chi connectivity index (χ1) is 14.1. The second kappa shape index (κ2) is 6.78. The van der Waals surface area contributed by atoms with Crippen molar-refractivity contribution in [1.82, 2.24) is 10.2 Å². The van der Waals surface area contributed by atoms with Crippen LogP contribution in [-0.2, 0) is 0 Å². The Kier molecular flexibility index (Phi) is 4.09. The molecule has 0 fully saturated rings. The van der Waals surface area contributed by atoms with Gasteiger partial charge in [-0.2, -0.15) is 5.10 Å². The van der Waals surface area contributed by atoms with Crippen LogP contribution in [0.2, 0.25) is 0 Å². The molecule has 3 aromatic carbocycles. The summed E-state index contributed by atoms with van der Waals surface area (Å²) in [6, 6.07) is 23.1. The molecule has 29 heavy (non-hydrogen) atoms. The number of aryl methyl sites for hydroxylation is 2. The van der Waals surface area contributed by atoms with Gasteiger partial charge in [0.05, 0.1) is 17.1 Å². The Hall–Kier alpha value is -3.60. The topological polar surface area (TPSA) is 53.1 Å². The molecule has 5 rings (SSSR count). The van der Waals surface area contributed by atoms with Gasteiger partial charge in [-0.25, -0.2) is 0 Å². The first kappa shape index (κ1) is 17.5. The zero-order chi connectivity index (χ0) is 20.0. The normalized spacial score (nSPS) is 15.3. The van der Waals surface area contributed by atoms with E-state index in [2.05, 4.69) is 94.2 Å². The van der Waals surface area contributed by atoms with Crippen LogP contribution in [0.4, 0.5) is 28.6 Å². The van der Waals surface area contributed by atoms with Crippen LogP contribution in [0.1, 0.15) is 18.2 Å². The molecule has 1 aliphatic heterocycles. The molecule has 1 unspecified atom stereocenters. The van der Waals surface area contributed by atoms with Gasteiger partial charge in [-0.3, -0.25) is 0 Å². The molecule has 0 saturated carbocycles. The third-order valence-electron chi connectivity index (χ3n) is 5.52. The van der Waals surface area contributed by atoms with Crippen LogP contribution in [0.25, 0.3) is 10.8 Å². The quantitative estimate of drug-likeness (QED) is 0.463. The van der Waals surface area contributed by atoms with Gasteiger partial charge in [0, 0.05) is 22.1 Å². The molecule has 2 heterocycles. The minimum Gasteiger partial charge on any atom is -0.363 e. The molecule has 0 saturated heterocycles. The molecule has 0 radical (unpaired) electrons. The molecule has 0 amide bonds. The number of aromatic nitrogens is 2. The Balaban J connectivity index is 1.51. The highest BCUT2D eigenvalue weighted by atomic mass is 15.3. The van der Waals surface area contributed by atoms with Gasteiger partial charge in [-0.15, -0.1) is 5.10 Å². The van der Waals surface area contributed by atoms with Crippen LogP contribution < -0.4 is 15.5 Å². The first-order valence-corrected chi connectivity index (χ1v) is 9.86. The van der Waals surface area contributed by atoms with E-state index in [1.807, 2.05) is 19.1 Å². The number of hydrogen-bond acceptors (Lipinski definition) is 5. The molecule has 1 aliphatic rings. The maximum atomic E-state index is 4.39. The summed E-state index contributed by atoms with van der Waals surface area (Å²) in [5.74, 6) is 0.771. The van der Waals surface area contributed by atoms with Crippen molar-refractivity contribution in [3.63, 3.8) is 0 Å². The second-order valence-corrected chi connectivity index (χ2v) is 7.51. The van der Waals surface area contributed by atoms with Crippen LogP contribution in [0.5, 0.6) is 0 Å². The van der Waals surface area contributed by atoms with Gasteiger partial charge < -0.3 is 15.5 Å². The number of rotatable bonds is 3. The smallest absolute Gasteiger partial charge is 0.160 e. The van der Waals surface area contributed by atoms with Gasteiger partial charge in [-0.05, 0) is 50.6 Å². The number of fused-ring (bicyclic) bond motifs is 2. The molecule has 1 aromatic heterocycles. The zero-order valence-electron chi connectivity index (χ0n) is 16.8. The largest absolute Gasteiger partial charge is 0.363 e. The lowest BCUT2D eigenvalue weighted by molar-refractivity contribution is 0.840. The highest BCUT2D eigenvalue weighted by molar-refractivity contribution is 5.95. The number of nitrogens with one attached hydrogen (secondary N) is 2. The number of para-hydroxylation sites is 1. The third kappa shape index (κ3) is 2.95. The molecular formula is C24H23N5. The van der Waals surface area contributed by atoms with Crippen LogP contribution in [-0.4, -0.2) is 16.4 Å². The molecule has 4 aromatic rings. The minimum atomic E-state index is 0.182. The average molecular weight is 381 g/mol. The van der Waals surface area contributed by atoms with Gasteiger partial charge in [-0.1, -0.05) is 42.5 Å². The Morgan fingerprint density at radius 2 is 1.62 bits per heavy atom. The molecule has 5 heteroatoms. The number of benzene rings is 3. The third-order valence-corrected chi connectivity index (χ3v) is 5.52. The summed E-state index contributed by atoms with van der Waals surface area (Å²) in [6.07, 6.45) is 0.182. The van der Waals surface area contributed by atoms with Gasteiger partial charge in [0.2, 0.25) is 0 Å². The summed E-state index contributed by atoms with van der Waals surface area (Å²) in [4.78, 5) is 2.34. The molecule has 2 N–H and O–H groups in total. The molecule has 144 valence electrons. The Bertz CT molecular complexity index is 1220. The van der Waals surface area contributed by atoms with Gasteiger partial charge in [0.1, 0.15) is 6.17 Å². The van der Waals surface area contributed by atoms with Gasteiger partial charge in [0.15, 0.2) is 5.82 Å². The van der Waals surface area contributed by atoms with E-state index in [4.69, 9.17) is 0 Å². The van der Waals surface area contributed by atoms with E-state index in [1.165, 1.54) is 16.9 Å². The van der Waals surface area contributed by atoms with E-state index in [-0.39, 0.29) is 6.17 Å². The summed E-state index contributed by atoms with van der Waals surface area (Å²) in [5, 5.41) is 17.9. The number of hydrogen-bond donors (Lipinski definition) is 2. The summed E-state index contributed by atoms with van der Waals surface area (Å²) in [6.45, 7) is 6.32. The molecular weight excluding hydrogens is 358 g/mol. The lowest BCUT2D eigenvalue weighted by Crippen LogP contribution is -2.28. The summed E-state index contributed by atoms with van der Waals surface area (Å²) >= 11 is 0. The van der Waals surface area contributed by atoms with Crippen molar-refractivity contribution in [3.8, 4) is 0 Å². The molecule has 0 bridgehead atoms. The maximum Gasteiger partial charge on any atom is 0.160 e. The summed E-state index contributed by atoms with van der Waals surface area (Å²) in [7, 11) is 0. The first-order valence-electron chi connectivity index (χ1n) is 9.86. The van der Waals surface area contributed by atoms with Crippen molar-refractivity contribution in [3.05, 3.63) is 78.0 Å². The van der Waals surface area contributed by atoms with E-state index in [9.17, 15) is 0 Å². The average Bonchev–Trinajstić information content (AvgIpc) is 3.05. The van der Waals surface area contributed by atoms with Crippen LogP contribution >= 0.6 is 0 Å². The standard InChI is InChI=1S/C24H23N5/c1-15-8-4-7-11-22(15)29-17(3)25-21-14-18(12-13-23(21)29)26-24-20-10-6-5-9-19(20)16(2)27-28-24/h4-14,17,25H,1-3H3,(H,26,28). The Morgan fingerprint density at radius 3 is 2.45 bits per heavy atom. The van der Waals surface area contributed by atoms with E-state index in [0.717, 1.165) is 33.7 Å². The highest BCUT2D eigenvalue weighted by Crippen LogP contribution is 2.42. The SMILES string of the molecule is Cc1ccccc1N1c2ccc(Nc3nnc(C)c4ccccc34)cc2NC1C. The molecule has 0 aliphatic carbocycles. The van der Waals surface area contributed by atoms with Crippen molar-refractivity contribution in [2.75, 3.05) is 15.5 Å². The van der Waals surface area contributed by atoms with E-state index >= 15 is 0 Å². The maximum absolute atomic E-state index is 4.39. The van der Waals surface area contributed by atoms with Crippen molar-refractivity contribution in [2.24, 2.45) is 0 Å². The monoisotopic (exact) mass is 381 g/mol. The van der Waals surface area contributed by atoms with E-state index in [0.29, 0.717) is 0 Å². The Morgan fingerprint density at radius 1 is 0.862 bits per heavy atom. The number of nitrogens with zero attached hydrogens (tertiary/aromatic N) is 3. The van der Waals surface area contributed by atoms with Crippen molar-refractivity contribution in [1.29, 1.82) is 0 Å². The predicted molar refractivity (Wildman–Crippen MR) is 120 cm³/mol. The van der Waals surface area contributed by atoms with Gasteiger partial charge >= 0.3 is 0 Å². The fourth-order valence-electron chi connectivity index (χ4n) is 4.08. The van der Waals surface area contributed by atoms with Crippen LogP contribution in [0.3, 0.4) is 0 Å². The van der Waals surface area contributed by atoms with Crippen molar-refractivity contribution < 1.29 is 0 Å². The fraction of sp³-hybridized carbons (Fsp3) is 0.167. The Labute approximate surface area is 170 Å². The second-order valence-electron chi connectivity index (χ2n) is 7.51.